The topological polar surface area (TPSA) is 85.7 Å². The van der Waals surface area contributed by atoms with Crippen molar-refractivity contribution in [1.82, 2.24) is 15.4 Å². The van der Waals surface area contributed by atoms with Gasteiger partial charge in [0.1, 0.15) is 0 Å². The van der Waals surface area contributed by atoms with E-state index in [1.54, 1.807) is 26.4 Å². The molecule has 2 rings (SSSR count). The molecular formula is C17H20N4O3S. The maximum atomic E-state index is 11.9. The Hall–Kier alpha value is -2.61. The molecule has 0 bridgehead atoms. The van der Waals surface area contributed by atoms with Crippen molar-refractivity contribution in [3.63, 3.8) is 0 Å². The van der Waals surface area contributed by atoms with Crippen LogP contribution in [-0.4, -0.2) is 42.1 Å². The Balaban J connectivity index is 1.88. The monoisotopic (exact) mass is 360 g/mol. The summed E-state index contributed by atoms with van der Waals surface area (Å²) in [6.45, 7) is 3.79. The fraction of sp³-hybridized carbons (Fsp3) is 0.294. The lowest BCUT2D eigenvalue weighted by Crippen LogP contribution is -2.19. The van der Waals surface area contributed by atoms with Gasteiger partial charge in [-0.05, 0) is 43.7 Å². The van der Waals surface area contributed by atoms with Crippen molar-refractivity contribution < 1.29 is 14.3 Å². The highest BCUT2D eigenvalue weighted by Gasteiger charge is 2.06. The van der Waals surface area contributed by atoms with Crippen LogP contribution in [-0.2, 0) is 4.79 Å². The number of thioether (sulfide) groups is 1. The fourth-order valence-electron chi connectivity index (χ4n) is 2.03. The summed E-state index contributed by atoms with van der Waals surface area (Å²) in [6.07, 6.45) is 1.54. The van der Waals surface area contributed by atoms with Gasteiger partial charge in [0, 0.05) is 11.4 Å². The van der Waals surface area contributed by atoms with E-state index in [1.165, 1.54) is 18.0 Å². The molecule has 25 heavy (non-hydrogen) atoms. The quantitative estimate of drug-likeness (QED) is 0.353. The first-order valence-corrected chi connectivity index (χ1v) is 8.49. The van der Waals surface area contributed by atoms with Crippen LogP contribution in [0.4, 0.5) is 0 Å². The lowest BCUT2D eigenvalue weighted by atomic mass is 10.2. The van der Waals surface area contributed by atoms with E-state index in [1.807, 2.05) is 26.0 Å². The summed E-state index contributed by atoms with van der Waals surface area (Å²) in [4.78, 5) is 20.4. The highest BCUT2D eigenvalue weighted by atomic mass is 32.2. The van der Waals surface area contributed by atoms with Crippen LogP contribution < -0.4 is 14.9 Å². The molecule has 1 aromatic carbocycles. The first-order valence-electron chi connectivity index (χ1n) is 7.51. The van der Waals surface area contributed by atoms with Gasteiger partial charge in [0.2, 0.25) is 0 Å². The van der Waals surface area contributed by atoms with Crippen molar-refractivity contribution >= 4 is 23.9 Å². The Kier molecular flexibility index (Phi) is 6.76. The number of carbonyl (C=O) groups excluding carboxylic acids is 1. The lowest BCUT2D eigenvalue weighted by molar-refractivity contribution is -0.118. The first-order chi connectivity index (χ1) is 12.0. The predicted octanol–water partition coefficient (Wildman–Crippen LogP) is 2.35. The van der Waals surface area contributed by atoms with E-state index in [2.05, 4.69) is 20.5 Å². The number of hydrogen-bond donors (Lipinski definition) is 1. The summed E-state index contributed by atoms with van der Waals surface area (Å²) in [6, 6.07) is 7.24. The number of hydrogen-bond acceptors (Lipinski definition) is 7. The number of methoxy groups -OCH3 is 2. The molecule has 1 amide bonds. The van der Waals surface area contributed by atoms with Crippen LogP contribution in [0.5, 0.6) is 11.5 Å². The molecule has 0 aliphatic carbocycles. The van der Waals surface area contributed by atoms with Gasteiger partial charge in [-0.3, -0.25) is 4.79 Å². The maximum absolute atomic E-state index is 11.9. The number of benzene rings is 1. The third-order valence-corrected chi connectivity index (χ3v) is 3.95. The van der Waals surface area contributed by atoms with E-state index < -0.39 is 0 Å². The minimum Gasteiger partial charge on any atom is -0.493 e. The number of nitrogens with zero attached hydrogens (tertiary/aromatic N) is 3. The van der Waals surface area contributed by atoms with Gasteiger partial charge in [0.25, 0.3) is 5.91 Å². The Morgan fingerprint density at radius 3 is 2.48 bits per heavy atom. The summed E-state index contributed by atoms with van der Waals surface area (Å²) in [7, 11) is 3.13. The zero-order valence-electron chi connectivity index (χ0n) is 14.6. The van der Waals surface area contributed by atoms with Gasteiger partial charge in [-0.1, -0.05) is 11.8 Å². The molecule has 0 radical (unpaired) electrons. The van der Waals surface area contributed by atoms with Crippen LogP contribution in [0.2, 0.25) is 0 Å². The molecule has 0 unspecified atom stereocenters. The number of carbonyl (C=O) groups is 1. The minimum absolute atomic E-state index is 0.187. The van der Waals surface area contributed by atoms with Gasteiger partial charge in [-0.15, -0.1) is 0 Å². The second-order valence-corrected chi connectivity index (χ2v) is 6.07. The van der Waals surface area contributed by atoms with Crippen molar-refractivity contribution in [2.24, 2.45) is 5.10 Å². The minimum atomic E-state index is -0.232. The average molecular weight is 360 g/mol. The van der Waals surface area contributed by atoms with E-state index in [0.29, 0.717) is 16.7 Å². The highest BCUT2D eigenvalue weighted by Crippen LogP contribution is 2.26. The van der Waals surface area contributed by atoms with Gasteiger partial charge in [-0.25, -0.2) is 15.4 Å². The number of nitrogens with one attached hydrogen (secondary N) is 1. The summed E-state index contributed by atoms with van der Waals surface area (Å²) >= 11 is 1.27. The lowest BCUT2D eigenvalue weighted by Gasteiger charge is -2.07. The van der Waals surface area contributed by atoms with E-state index >= 15 is 0 Å². The second kappa shape index (κ2) is 9.03. The Bertz CT molecular complexity index is 760. The normalized spacial score (nSPS) is 10.7. The Morgan fingerprint density at radius 2 is 1.84 bits per heavy atom. The third kappa shape index (κ3) is 5.75. The van der Waals surface area contributed by atoms with Crippen molar-refractivity contribution in [2.75, 3.05) is 20.0 Å². The maximum Gasteiger partial charge on any atom is 0.250 e. The fourth-order valence-corrected chi connectivity index (χ4v) is 2.77. The molecule has 0 aliphatic rings. The van der Waals surface area contributed by atoms with E-state index in [9.17, 15) is 4.79 Å². The number of amides is 1. The third-order valence-electron chi connectivity index (χ3n) is 3.10. The van der Waals surface area contributed by atoms with Crippen molar-refractivity contribution in [2.45, 2.75) is 19.0 Å². The average Bonchev–Trinajstić information content (AvgIpc) is 2.59. The molecule has 1 heterocycles. The number of hydrazone groups is 1. The zero-order chi connectivity index (χ0) is 18.2. The van der Waals surface area contributed by atoms with Gasteiger partial charge >= 0.3 is 0 Å². The number of aromatic nitrogens is 2. The van der Waals surface area contributed by atoms with Crippen LogP contribution >= 0.6 is 11.8 Å². The molecule has 8 heteroatoms. The van der Waals surface area contributed by atoms with E-state index in [4.69, 9.17) is 9.47 Å². The van der Waals surface area contributed by atoms with Crippen molar-refractivity contribution in [3.8, 4) is 11.5 Å². The van der Waals surface area contributed by atoms with Crippen molar-refractivity contribution in [3.05, 3.63) is 41.2 Å². The van der Waals surface area contributed by atoms with Crippen LogP contribution in [0, 0.1) is 13.8 Å². The van der Waals surface area contributed by atoms with Crippen LogP contribution in [0.25, 0.3) is 0 Å². The highest BCUT2D eigenvalue weighted by molar-refractivity contribution is 7.99. The summed E-state index contributed by atoms with van der Waals surface area (Å²) in [5.41, 5.74) is 5.01. The number of ether oxygens (including phenoxy) is 2. The molecule has 0 spiro atoms. The van der Waals surface area contributed by atoms with Gasteiger partial charge in [-0.2, -0.15) is 5.10 Å². The summed E-state index contributed by atoms with van der Waals surface area (Å²) in [5, 5.41) is 4.52. The second-order valence-electron chi connectivity index (χ2n) is 5.13. The molecule has 0 saturated heterocycles. The van der Waals surface area contributed by atoms with Gasteiger partial charge in [0.05, 0.1) is 26.2 Å². The van der Waals surface area contributed by atoms with Gasteiger partial charge < -0.3 is 9.47 Å². The molecule has 7 nitrogen and oxygen atoms in total. The number of aryl methyl sites for hydroxylation is 2. The molecule has 2 aromatic rings. The standard InChI is InChI=1S/C17H20N4O3S/c1-11-7-12(2)20-17(19-11)25-10-16(22)21-18-9-13-5-6-14(23-3)15(8-13)24-4/h5-9H,10H2,1-4H3,(H,21,22)/b18-9-. The van der Waals surface area contributed by atoms with Crippen LogP contribution in [0.1, 0.15) is 17.0 Å². The van der Waals surface area contributed by atoms with Crippen LogP contribution in [0.3, 0.4) is 0 Å². The molecule has 0 atom stereocenters. The summed E-state index contributed by atoms with van der Waals surface area (Å²) < 4.78 is 10.4. The van der Waals surface area contributed by atoms with E-state index in [-0.39, 0.29) is 11.7 Å². The SMILES string of the molecule is COc1ccc(/C=N\NC(=O)CSc2nc(C)cc(C)n2)cc1OC. The molecular weight excluding hydrogens is 340 g/mol. The van der Waals surface area contributed by atoms with Gasteiger partial charge in [0.15, 0.2) is 16.7 Å². The Labute approximate surface area is 150 Å². The molecule has 0 fully saturated rings. The molecule has 0 aliphatic heterocycles. The first kappa shape index (κ1) is 18.7. The summed E-state index contributed by atoms with van der Waals surface area (Å²) in [5.74, 6) is 1.19. The van der Waals surface area contributed by atoms with Crippen LogP contribution in [0.15, 0.2) is 34.5 Å². The molecule has 132 valence electrons. The van der Waals surface area contributed by atoms with E-state index in [0.717, 1.165) is 17.0 Å². The van der Waals surface area contributed by atoms with Crippen molar-refractivity contribution in [1.29, 1.82) is 0 Å². The zero-order valence-corrected chi connectivity index (χ0v) is 15.4. The molecule has 1 aromatic heterocycles. The smallest absolute Gasteiger partial charge is 0.250 e. The predicted molar refractivity (Wildman–Crippen MR) is 97.5 cm³/mol. The Morgan fingerprint density at radius 1 is 1.16 bits per heavy atom. The molecule has 1 N–H and O–H groups in total. The number of rotatable bonds is 7. The largest absolute Gasteiger partial charge is 0.493 e. The molecule has 0 saturated carbocycles.